The van der Waals surface area contributed by atoms with Gasteiger partial charge in [0.1, 0.15) is 5.75 Å². The molecule has 4 rings (SSSR count). The van der Waals surface area contributed by atoms with Crippen molar-refractivity contribution in [2.24, 2.45) is 0 Å². The second kappa shape index (κ2) is 7.41. The Balaban J connectivity index is 1.63. The molecule has 0 bridgehead atoms. The number of hydrogen-bond donors (Lipinski definition) is 1. The lowest BCUT2D eigenvalue weighted by molar-refractivity contribution is 0.0942. The highest BCUT2D eigenvalue weighted by atomic mass is 16.7. The van der Waals surface area contributed by atoms with E-state index >= 15 is 0 Å². The van der Waals surface area contributed by atoms with Crippen LogP contribution in [-0.4, -0.2) is 19.8 Å². The van der Waals surface area contributed by atoms with Gasteiger partial charge >= 0.3 is 0 Å². The van der Waals surface area contributed by atoms with E-state index in [2.05, 4.69) is 5.32 Å². The monoisotopic (exact) mass is 361 g/mol. The van der Waals surface area contributed by atoms with Crippen LogP contribution >= 0.6 is 0 Å². The predicted molar refractivity (Wildman–Crippen MR) is 101 cm³/mol. The lowest BCUT2D eigenvalue weighted by Crippen LogP contribution is -2.29. The molecule has 136 valence electrons. The normalized spacial score (nSPS) is 13.1. The van der Waals surface area contributed by atoms with E-state index in [1.54, 1.807) is 25.3 Å². The predicted octanol–water partition coefficient (Wildman–Crippen LogP) is 3.94. The summed E-state index contributed by atoms with van der Waals surface area (Å²) >= 11 is 0. The standard InChI is InChI=1S/C22H19NO4/c1-25-18-10-7-16(8-11-18)21(15-5-3-2-4-6-15)23-22(24)17-9-12-19-20(13-17)27-14-26-19/h2-13,21H,14H2,1H3,(H,23,24)/t21-/m1/s1. The van der Waals surface area contributed by atoms with Crippen molar-refractivity contribution in [2.75, 3.05) is 13.9 Å². The Morgan fingerprint density at radius 3 is 2.37 bits per heavy atom. The molecule has 5 nitrogen and oxygen atoms in total. The molecule has 0 unspecified atom stereocenters. The van der Waals surface area contributed by atoms with Gasteiger partial charge in [-0.2, -0.15) is 0 Å². The molecule has 27 heavy (non-hydrogen) atoms. The number of carbonyl (C=O) groups excluding carboxylic acids is 1. The van der Waals surface area contributed by atoms with Crippen molar-refractivity contribution >= 4 is 5.91 Å². The Morgan fingerprint density at radius 2 is 1.63 bits per heavy atom. The van der Waals surface area contributed by atoms with E-state index in [1.165, 1.54) is 0 Å². The summed E-state index contributed by atoms with van der Waals surface area (Å²) in [4.78, 5) is 12.9. The van der Waals surface area contributed by atoms with Gasteiger partial charge in [-0.25, -0.2) is 0 Å². The summed E-state index contributed by atoms with van der Waals surface area (Å²) in [6, 6.07) is 22.4. The molecule has 1 aliphatic heterocycles. The maximum atomic E-state index is 12.9. The van der Waals surface area contributed by atoms with Crippen LogP contribution in [0.2, 0.25) is 0 Å². The van der Waals surface area contributed by atoms with Crippen LogP contribution < -0.4 is 19.5 Å². The average Bonchev–Trinajstić information content (AvgIpc) is 3.20. The number of fused-ring (bicyclic) bond motifs is 1. The van der Waals surface area contributed by atoms with Gasteiger partial charge in [0, 0.05) is 5.56 Å². The van der Waals surface area contributed by atoms with Crippen molar-refractivity contribution in [1.29, 1.82) is 0 Å². The third kappa shape index (κ3) is 3.58. The number of benzene rings is 3. The van der Waals surface area contributed by atoms with E-state index in [0.717, 1.165) is 16.9 Å². The van der Waals surface area contributed by atoms with Crippen LogP contribution in [0.4, 0.5) is 0 Å². The molecule has 0 saturated carbocycles. The van der Waals surface area contributed by atoms with E-state index in [4.69, 9.17) is 14.2 Å². The highest BCUT2D eigenvalue weighted by Crippen LogP contribution is 2.33. The van der Waals surface area contributed by atoms with E-state index in [9.17, 15) is 4.79 Å². The third-order valence-corrected chi connectivity index (χ3v) is 4.49. The Bertz CT molecular complexity index is 938. The third-order valence-electron chi connectivity index (χ3n) is 4.49. The summed E-state index contributed by atoms with van der Waals surface area (Å²) in [5.74, 6) is 1.83. The van der Waals surface area contributed by atoms with Crippen LogP contribution in [0.25, 0.3) is 0 Å². The average molecular weight is 361 g/mol. The Hall–Kier alpha value is -3.47. The van der Waals surface area contributed by atoms with Gasteiger partial charge < -0.3 is 19.5 Å². The van der Waals surface area contributed by atoms with E-state index in [1.807, 2.05) is 54.6 Å². The quantitative estimate of drug-likeness (QED) is 0.748. The highest BCUT2D eigenvalue weighted by molar-refractivity contribution is 5.95. The van der Waals surface area contributed by atoms with Crippen LogP contribution in [0.5, 0.6) is 17.2 Å². The van der Waals surface area contributed by atoms with Crippen molar-refractivity contribution in [3.8, 4) is 17.2 Å². The largest absolute Gasteiger partial charge is 0.497 e. The fourth-order valence-electron chi connectivity index (χ4n) is 3.05. The maximum absolute atomic E-state index is 12.9. The van der Waals surface area contributed by atoms with Gasteiger partial charge in [0.05, 0.1) is 13.2 Å². The highest BCUT2D eigenvalue weighted by Gasteiger charge is 2.20. The number of carbonyl (C=O) groups is 1. The van der Waals surface area contributed by atoms with Crippen molar-refractivity contribution in [3.63, 3.8) is 0 Å². The Kier molecular flexibility index (Phi) is 4.66. The van der Waals surface area contributed by atoms with Gasteiger partial charge in [0.15, 0.2) is 11.5 Å². The number of ether oxygens (including phenoxy) is 3. The molecule has 1 heterocycles. The van der Waals surface area contributed by atoms with Crippen LogP contribution in [-0.2, 0) is 0 Å². The van der Waals surface area contributed by atoms with Crippen molar-refractivity contribution in [2.45, 2.75) is 6.04 Å². The van der Waals surface area contributed by atoms with Gasteiger partial charge in [0.25, 0.3) is 5.91 Å². The fourth-order valence-corrected chi connectivity index (χ4v) is 3.05. The van der Waals surface area contributed by atoms with Gasteiger partial charge in [-0.3, -0.25) is 4.79 Å². The van der Waals surface area contributed by atoms with Crippen molar-refractivity contribution in [1.82, 2.24) is 5.32 Å². The van der Waals surface area contributed by atoms with Crippen LogP contribution in [0.15, 0.2) is 72.8 Å². The minimum absolute atomic E-state index is 0.179. The first-order valence-electron chi connectivity index (χ1n) is 8.64. The first-order chi connectivity index (χ1) is 13.2. The molecular formula is C22H19NO4. The minimum Gasteiger partial charge on any atom is -0.497 e. The first kappa shape index (κ1) is 17.0. The van der Waals surface area contributed by atoms with E-state index < -0.39 is 0 Å². The maximum Gasteiger partial charge on any atom is 0.252 e. The number of nitrogens with one attached hydrogen (secondary N) is 1. The van der Waals surface area contributed by atoms with E-state index in [-0.39, 0.29) is 18.7 Å². The summed E-state index contributed by atoms with van der Waals surface area (Å²) < 4.78 is 15.9. The Morgan fingerprint density at radius 1 is 0.926 bits per heavy atom. The molecule has 0 spiro atoms. The van der Waals surface area contributed by atoms with E-state index in [0.29, 0.717) is 17.1 Å². The molecule has 0 saturated heterocycles. The molecule has 0 radical (unpaired) electrons. The van der Waals surface area contributed by atoms with Crippen molar-refractivity contribution < 1.29 is 19.0 Å². The fraction of sp³-hybridized carbons (Fsp3) is 0.136. The summed E-state index contributed by atoms with van der Waals surface area (Å²) in [7, 11) is 1.63. The van der Waals surface area contributed by atoms with Gasteiger partial charge in [-0.15, -0.1) is 0 Å². The zero-order chi connectivity index (χ0) is 18.6. The number of rotatable bonds is 5. The number of amides is 1. The van der Waals surface area contributed by atoms with Crippen LogP contribution in [0, 0.1) is 0 Å². The molecular weight excluding hydrogens is 342 g/mol. The summed E-state index contributed by atoms with van der Waals surface area (Å²) in [5.41, 5.74) is 2.49. The molecule has 0 fully saturated rings. The molecule has 1 atom stereocenters. The zero-order valence-electron chi connectivity index (χ0n) is 14.8. The second-order valence-corrected chi connectivity index (χ2v) is 6.16. The lowest BCUT2D eigenvalue weighted by Gasteiger charge is -2.20. The second-order valence-electron chi connectivity index (χ2n) is 6.16. The number of methoxy groups -OCH3 is 1. The SMILES string of the molecule is COc1ccc([C@H](NC(=O)c2ccc3c(c2)OCO3)c2ccccc2)cc1. The minimum atomic E-state index is -0.282. The first-order valence-corrected chi connectivity index (χ1v) is 8.64. The molecule has 1 N–H and O–H groups in total. The van der Waals surface area contributed by atoms with Crippen LogP contribution in [0.3, 0.4) is 0 Å². The lowest BCUT2D eigenvalue weighted by atomic mass is 9.98. The summed E-state index contributed by atoms with van der Waals surface area (Å²) in [6.07, 6.45) is 0. The summed E-state index contributed by atoms with van der Waals surface area (Å²) in [5, 5.41) is 3.12. The molecule has 0 aromatic heterocycles. The summed E-state index contributed by atoms with van der Waals surface area (Å²) in [6.45, 7) is 0.179. The molecule has 3 aromatic rings. The molecule has 3 aromatic carbocycles. The molecule has 1 aliphatic rings. The molecule has 0 aliphatic carbocycles. The Labute approximate surface area is 157 Å². The smallest absolute Gasteiger partial charge is 0.252 e. The molecule has 5 heteroatoms. The van der Waals surface area contributed by atoms with Crippen molar-refractivity contribution in [3.05, 3.63) is 89.5 Å². The zero-order valence-corrected chi connectivity index (χ0v) is 14.8. The topological polar surface area (TPSA) is 56.8 Å². The molecule has 1 amide bonds. The number of hydrogen-bond acceptors (Lipinski definition) is 4. The van der Waals surface area contributed by atoms with Gasteiger partial charge in [-0.05, 0) is 41.5 Å². The van der Waals surface area contributed by atoms with Gasteiger partial charge in [-0.1, -0.05) is 42.5 Å². The van der Waals surface area contributed by atoms with Gasteiger partial charge in [0.2, 0.25) is 6.79 Å². The van der Waals surface area contributed by atoms with Crippen LogP contribution in [0.1, 0.15) is 27.5 Å².